The van der Waals surface area contributed by atoms with Crippen LogP contribution in [0.25, 0.3) is 10.8 Å². The van der Waals surface area contributed by atoms with Crippen molar-refractivity contribution in [2.45, 2.75) is 39.2 Å². The van der Waals surface area contributed by atoms with Gasteiger partial charge in [0.15, 0.2) is 0 Å². The molecule has 1 saturated heterocycles. The SMILES string of the molecule is CCCn1c(C(=O)N2CCCCC2)cc2cc(F)ccc2c1=O. The first kappa shape index (κ1) is 15.7. The Hall–Kier alpha value is -2.17. The molecule has 1 amide bonds. The molecule has 0 radical (unpaired) electrons. The quantitative estimate of drug-likeness (QED) is 0.873. The third-order valence-corrected chi connectivity index (χ3v) is 4.38. The van der Waals surface area contributed by atoms with E-state index in [9.17, 15) is 14.0 Å². The van der Waals surface area contributed by atoms with Gasteiger partial charge >= 0.3 is 0 Å². The fourth-order valence-electron chi connectivity index (χ4n) is 3.21. The van der Waals surface area contributed by atoms with E-state index in [0.29, 0.717) is 23.0 Å². The zero-order valence-corrected chi connectivity index (χ0v) is 13.3. The molecular formula is C18H21FN2O2. The number of nitrogens with zero attached hydrogens (tertiary/aromatic N) is 2. The second-order valence-electron chi connectivity index (χ2n) is 6.07. The van der Waals surface area contributed by atoms with Crippen molar-refractivity contribution in [3.63, 3.8) is 0 Å². The summed E-state index contributed by atoms with van der Waals surface area (Å²) in [5.41, 5.74) is 0.154. The van der Waals surface area contributed by atoms with Crippen molar-refractivity contribution in [3.05, 3.63) is 46.1 Å². The van der Waals surface area contributed by atoms with Crippen LogP contribution in [-0.4, -0.2) is 28.5 Å². The molecule has 23 heavy (non-hydrogen) atoms. The predicted octanol–water partition coefficient (Wildman–Crippen LogP) is 3.18. The highest BCUT2D eigenvalue weighted by Gasteiger charge is 2.22. The van der Waals surface area contributed by atoms with Crippen LogP contribution in [0.2, 0.25) is 0 Å². The number of likely N-dealkylation sites (tertiary alicyclic amines) is 1. The van der Waals surface area contributed by atoms with Gasteiger partial charge in [-0.25, -0.2) is 4.39 Å². The number of amides is 1. The summed E-state index contributed by atoms with van der Waals surface area (Å²) in [6.07, 6.45) is 3.87. The van der Waals surface area contributed by atoms with E-state index < -0.39 is 5.82 Å². The molecule has 0 spiro atoms. The number of pyridine rings is 1. The second-order valence-corrected chi connectivity index (χ2v) is 6.07. The largest absolute Gasteiger partial charge is 0.337 e. The molecule has 0 atom stereocenters. The van der Waals surface area contributed by atoms with Crippen LogP contribution >= 0.6 is 0 Å². The molecule has 1 aromatic carbocycles. The van der Waals surface area contributed by atoms with E-state index in [1.807, 2.05) is 6.92 Å². The first-order chi connectivity index (χ1) is 11.1. The Morgan fingerprint density at radius 2 is 1.91 bits per heavy atom. The van der Waals surface area contributed by atoms with Crippen molar-refractivity contribution in [2.75, 3.05) is 13.1 Å². The molecule has 0 N–H and O–H groups in total. The van der Waals surface area contributed by atoms with Gasteiger partial charge in [0.25, 0.3) is 11.5 Å². The van der Waals surface area contributed by atoms with E-state index in [4.69, 9.17) is 0 Å². The van der Waals surface area contributed by atoms with Crippen molar-refractivity contribution in [2.24, 2.45) is 0 Å². The monoisotopic (exact) mass is 316 g/mol. The van der Waals surface area contributed by atoms with Gasteiger partial charge in [0.05, 0.1) is 0 Å². The standard InChI is InChI=1S/C18H21FN2O2/c1-2-8-21-16(18(23)20-9-4-3-5-10-20)12-13-11-14(19)6-7-15(13)17(21)22/h6-7,11-12H,2-5,8-10H2,1H3. The van der Waals surface area contributed by atoms with Crippen LogP contribution in [0.3, 0.4) is 0 Å². The highest BCUT2D eigenvalue weighted by atomic mass is 19.1. The molecule has 2 aromatic rings. The summed E-state index contributed by atoms with van der Waals surface area (Å²) in [5.74, 6) is -0.525. The Morgan fingerprint density at radius 1 is 1.17 bits per heavy atom. The van der Waals surface area contributed by atoms with Gasteiger partial charge in [-0.1, -0.05) is 6.92 Å². The Morgan fingerprint density at radius 3 is 2.61 bits per heavy atom. The maximum absolute atomic E-state index is 13.5. The topological polar surface area (TPSA) is 42.3 Å². The Labute approximate surface area is 134 Å². The Bertz CT molecular complexity index is 791. The molecule has 122 valence electrons. The van der Waals surface area contributed by atoms with Gasteiger partial charge < -0.3 is 9.47 Å². The number of halogens is 1. The first-order valence-electron chi connectivity index (χ1n) is 8.24. The van der Waals surface area contributed by atoms with Crippen molar-refractivity contribution in [1.29, 1.82) is 0 Å². The average Bonchev–Trinajstić information content (AvgIpc) is 2.57. The summed E-state index contributed by atoms with van der Waals surface area (Å²) in [6.45, 7) is 3.90. The van der Waals surface area contributed by atoms with Gasteiger partial charge in [-0.05, 0) is 55.3 Å². The molecule has 0 saturated carbocycles. The number of aromatic nitrogens is 1. The molecule has 1 aliphatic rings. The number of carbonyl (C=O) groups excluding carboxylic acids is 1. The van der Waals surface area contributed by atoms with Crippen LogP contribution in [0.15, 0.2) is 29.1 Å². The zero-order chi connectivity index (χ0) is 16.4. The number of benzene rings is 1. The molecule has 0 unspecified atom stereocenters. The molecule has 2 heterocycles. The Balaban J connectivity index is 2.14. The highest BCUT2D eigenvalue weighted by molar-refractivity contribution is 5.96. The fourth-order valence-corrected chi connectivity index (χ4v) is 3.21. The van der Waals surface area contributed by atoms with Crippen molar-refractivity contribution >= 4 is 16.7 Å². The maximum atomic E-state index is 13.5. The van der Waals surface area contributed by atoms with Gasteiger partial charge in [0.1, 0.15) is 11.5 Å². The van der Waals surface area contributed by atoms with E-state index in [0.717, 1.165) is 38.8 Å². The molecule has 0 aliphatic carbocycles. The zero-order valence-electron chi connectivity index (χ0n) is 13.3. The summed E-state index contributed by atoms with van der Waals surface area (Å²) >= 11 is 0. The summed E-state index contributed by atoms with van der Waals surface area (Å²) in [6, 6.07) is 5.76. The van der Waals surface area contributed by atoms with Gasteiger partial charge in [-0.3, -0.25) is 9.59 Å². The van der Waals surface area contributed by atoms with Crippen molar-refractivity contribution in [3.8, 4) is 0 Å². The van der Waals surface area contributed by atoms with Crippen LogP contribution in [0.1, 0.15) is 43.1 Å². The van der Waals surface area contributed by atoms with E-state index in [1.54, 1.807) is 11.0 Å². The molecule has 3 rings (SSSR count). The molecule has 1 aliphatic heterocycles. The number of hydrogen-bond donors (Lipinski definition) is 0. The van der Waals surface area contributed by atoms with Gasteiger partial charge in [0, 0.05) is 25.0 Å². The van der Waals surface area contributed by atoms with Crippen LogP contribution in [0, 0.1) is 5.82 Å². The van der Waals surface area contributed by atoms with E-state index in [-0.39, 0.29) is 11.5 Å². The van der Waals surface area contributed by atoms with Crippen LogP contribution in [0.4, 0.5) is 4.39 Å². The number of hydrogen-bond acceptors (Lipinski definition) is 2. The van der Waals surface area contributed by atoms with Gasteiger partial charge in [-0.15, -0.1) is 0 Å². The normalized spacial score (nSPS) is 15.1. The van der Waals surface area contributed by atoms with Crippen LogP contribution in [-0.2, 0) is 6.54 Å². The van der Waals surface area contributed by atoms with E-state index >= 15 is 0 Å². The molecule has 4 nitrogen and oxygen atoms in total. The Kier molecular flexibility index (Phi) is 4.46. The lowest BCUT2D eigenvalue weighted by atomic mass is 10.1. The average molecular weight is 316 g/mol. The predicted molar refractivity (Wildman–Crippen MR) is 88.2 cm³/mol. The highest BCUT2D eigenvalue weighted by Crippen LogP contribution is 2.18. The lowest BCUT2D eigenvalue weighted by Gasteiger charge is -2.28. The smallest absolute Gasteiger partial charge is 0.270 e. The van der Waals surface area contributed by atoms with E-state index in [2.05, 4.69) is 0 Å². The summed E-state index contributed by atoms with van der Waals surface area (Å²) in [7, 11) is 0. The van der Waals surface area contributed by atoms with Crippen molar-refractivity contribution in [1.82, 2.24) is 9.47 Å². The summed E-state index contributed by atoms with van der Waals surface area (Å²) < 4.78 is 15.0. The van der Waals surface area contributed by atoms with Gasteiger partial charge in [0.2, 0.25) is 0 Å². The summed E-state index contributed by atoms with van der Waals surface area (Å²) in [4.78, 5) is 27.4. The molecule has 0 bridgehead atoms. The minimum Gasteiger partial charge on any atom is -0.337 e. The number of fused-ring (bicyclic) bond motifs is 1. The third kappa shape index (κ3) is 3.00. The fraction of sp³-hybridized carbons (Fsp3) is 0.444. The third-order valence-electron chi connectivity index (χ3n) is 4.38. The van der Waals surface area contributed by atoms with Gasteiger partial charge in [-0.2, -0.15) is 0 Å². The lowest BCUT2D eigenvalue weighted by molar-refractivity contribution is 0.0712. The van der Waals surface area contributed by atoms with Crippen molar-refractivity contribution < 1.29 is 9.18 Å². The van der Waals surface area contributed by atoms with E-state index in [1.165, 1.54) is 22.8 Å². The maximum Gasteiger partial charge on any atom is 0.270 e. The molecule has 1 fully saturated rings. The summed E-state index contributed by atoms with van der Waals surface area (Å²) in [5, 5.41) is 0.942. The van der Waals surface area contributed by atoms with Crippen LogP contribution < -0.4 is 5.56 Å². The molecule has 1 aromatic heterocycles. The number of carbonyl (C=O) groups is 1. The second kappa shape index (κ2) is 6.52. The first-order valence-corrected chi connectivity index (χ1v) is 8.24. The molecular weight excluding hydrogens is 295 g/mol. The number of rotatable bonds is 3. The van der Waals surface area contributed by atoms with Crippen LogP contribution in [0.5, 0.6) is 0 Å². The number of piperidine rings is 1. The minimum atomic E-state index is -0.401. The lowest BCUT2D eigenvalue weighted by Crippen LogP contribution is -2.39. The minimum absolute atomic E-state index is 0.124. The molecule has 5 heteroatoms.